The van der Waals surface area contributed by atoms with Crippen LogP contribution in [0.2, 0.25) is 0 Å². The van der Waals surface area contributed by atoms with Gasteiger partial charge in [0.25, 0.3) is 0 Å². The largest absolute Gasteiger partial charge is 0.325 e. The first kappa shape index (κ1) is 19.1. The molecule has 1 N–H and O–H groups in total. The fourth-order valence-electron chi connectivity index (χ4n) is 5.51. The van der Waals surface area contributed by atoms with Gasteiger partial charge in [0.2, 0.25) is 5.91 Å². The second-order valence-electron chi connectivity index (χ2n) is 8.84. The van der Waals surface area contributed by atoms with Crippen molar-refractivity contribution in [1.82, 2.24) is 0 Å². The van der Waals surface area contributed by atoms with Crippen LogP contribution in [-0.4, -0.2) is 5.91 Å². The van der Waals surface area contributed by atoms with Crippen LogP contribution in [0.25, 0.3) is 38.2 Å². The van der Waals surface area contributed by atoms with Gasteiger partial charge in [-0.15, -0.1) is 0 Å². The van der Waals surface area contributed by atoms with Crippen LogP contribution in [0.5, 0.6) is 0 Å². The molecule has 0 spiro atoms. The highest BCUT2D eigenvalue weighted by atomic mass is 16.1. The highest BCUT2D eigenvalue weighted by molar-refractivity contribution is 6.11. The van der Waals surface area contributed by atoms with Gasteiger partial charge in [-0.05, 0) is 64.1 Å². The molecule has 156 valence electrons. The molecule has 32 heavy (non-hydrogen) atoms. The zero-order valence-corrected chi connectivity index (χ0v) is 18.2. The lowest BCUT2D eigenvalue weighted by Crippen LogP contribution is -2.08. The Labute approximate surface area is 188 Å². The van der Waals surface area contributed by atoms with E-state index in [0.29, 0.717) is 0 Å². The highest BCUT2D eigenvalue weighted by Crippen LogP contribution is 2.43. The number of hydrogen-bond acceptors (Lipinski definition) is 1. The molecule has 4 aromatic carbocycles. The monoisotopic (exact) mass is 415 g/mol. The van der Waals surface area contributed by atoms with E-state index in [1.54, 1.807) is 12.5 Å². The molecule has 0 radical (unpaired) electrons. The minimum absolute atomic E-state index is 0.0521. The SMILES string of the molecule is CC(=O)Nc1c(-c2cccc3c4c(ccc23)C2=C(CCC=C2)CC4)ccc2ccccc12. The lowest BCUT2D eigenvalue weighted by Gasteiger charge is -2.26. The second-order valence-corrected chi connectivity index (χ2v) is 8.84. The van der Waals surface area contributed by atoms with Crippen LogP contribution in [0.3, 0.4) is 0 Å². The molecule has 0 unspecified atom stereocenters. The van der Waals surface area contributed by atoms with E-state index in [1.807, 2.05) is 12.1 Å². The van der Waals surface area contributed by atoms with E-state index < -0.39 is 0 Å². The Morgan fingerprint density at radius 1 is 0.750 bits per heavy atom. The van der Waals surface area contributed by atoms with Crippen molar-refractivity contribution in [2.75, 3.05) is 5.32 Å². The summed E-state index contributed by atoms with van der Waals surface area (Å²) in [5.74, 6) is -0.0521. The number of anilines is 1. The fourth-order valence-corrected chi connectivity index (χ4v) is 5.51. The second kappa shape index (κ2) is 7.49. The molecule has 0 aliphatic heterocycles. The topological polar surface area (TPSA) is 29.1 Å². The summed E-state index contributed by atoms with van der Waals surface area (Å²) in [6.45, 7) is 1.58. The van der Waals surface area contributed by atoms with Crippen LogP contribution in [0.4, 0.5) is 5.69 Å². The summed E-state index contributed by atoms with van der Waals surface area (Å²) < 4.78 is 0. The van der Waals surface area contributed by atoms with Crippen molar-refractivity contribution in [3.63, 3.8) is 0 Å². The Bertz CT molecular complexity index is 1470. The van der Waals surface area contributed by atoms with Crippen molar-refractivity contribution < 1.29 is 4.79 Å². The van der Waals surface area contributed by atoms with Crippen LogP contribution in [0.1, 0.15) is 37.3 Å². The first-order valence-electron chi connectivity index (χ1n) is 11.4. The molecular formula is C30H25NO. The molecule has 0 aromatic heterocycles. The lowest BCUT2D eigenvalue weighted by atomic mass is 9.79. The molecule has 0 saturated carbocycles. The average Bonchev–Trinajstić information content (AvgIpc) is 2.83. The van der Waals surface area contributed by atoms with Gasteiger partial charge in [0.1, 0.15) is 0 Å². The minimum Gasteiger partial charge on any atom is -0.325 e. The van der Waals surface area contributed by atoms with Gasteiger partial charge in [-0.1, -0.05) is 84.5 Å². The van der Waals surface area contributed by atoms with Crippen LogP contribution < -0.4 is 5.32 Å². The van der Waals surface area contributed by atoms with Crippen molar-refractivity contribution in [3.8, 4) is 11.1 Å². The summed E-state index contributed by atoms with van der Waals surface area (Å²) in [4.78, 5) is 12.1. The molecule has 1 amide bonds. The smallest absolute Gasteiger partial charge is 0.221 e. The van der Waals surface area contributed by atoms with Gasteiger partial charge < -0.3 is 5.32 Å². The summed E-state index contributed by atoms with van der Waals surface area (Å²) in [5.41, 5.74) is 9.02. The van der Waals surface area contributed by atoms with Gasteiger partial charge in [-0.2, -0.15) is 0 Å². The fraction of sp³-hybridized carbons (Fsp3) is 0.167. The summed E-state index contributed by atoms with van der Waals surface area (Å²) in [6, 6.07) is 23.7. The third kappa shape index (κ3) is 2.98. The maximum absolute atomic E-state index is 12.1. The molecule has 2 nitrogen and oxygen atoms in total. The molecule has 2 heteroatoms. The Kier molecular flexibility index (Phi) is 4.46. The van der Waals surface area contributed by atoms with E-state index in [9.17, 15) is 4.79 Å². The normalized spacial score (nSPS) is 15.0. The minimum atomic E-state index is -0.0521. The molecule has 6 rings (SSSR count). The van der Waals surface area contributed by atoms with Gasteiger partial charge in [-0.3, -0.25) is 4.79 Å². The molecule has 4 aromatic rings. The first-order chi connectivity index (χ1) is 15.7. The number of hydrogen-bond donors (Lipinski definition) is 1. The molecule has 2 aliphatic carbocycles. The maximum atomic E-state index is 12.1. The summed E-state index contributed by atoms with van der Waals surface area (Å²) in [6.07, 6.45) is 9.25. The summed E-state index contributed by atoms with van der Waals surface area (Å²) >= 11 is 0. The number of carbonyl (C=O) groups excluding carboxylic acids is 1. The number of nitrogens with one attached hydrogen (secondary N) is 1. The zero-order chi connectivity index (χ0) is 21.7. The Hall–Kier alpha value is -3.65. The third-order valence-electron chi connectivity index (χ3n) is 6.94. The Morgan fingerprint density at radius 3 is 2.50 bits per heavy atom. The van der Waals surface area contributed by atoms with Crippen molar-refractivity contribution in [2.24, 2.45) is 0 Å². The van der Waals surface area contributed by atoms with Gasteiger partial charge in [0.05, 0.1) is 5.69 Å². The number of aryl methyl sites for hydroxylation is 1. The predicted molar refractivity (Wildman–Crippen MR) is 135 cm³/mol. The van der Waals surface area contributed by atoms with Gasteiger partial charge in [0.15, 0.2) is 0 Å². The molecule has 0 saturated heterocycles. The van der Waals surface area contributed by atoms with E-state index in [4.69, 9.17) is 0 Å². The van der Waals surface area contributed by atoms with Crippen LogP contribution in [-0.2, 0) is 11.2 Å². The third-order valence-corrected chi connectivity index (χ3v) is 6.94. The quantitative estimate of drug-likeness (QED) is 0.357. The average molecular weight is 416 g/mol. The predicted octanol–water partition coefficient (Wildman–Crippen LogP) is 7.67. The highest BCUT2D eigenvalue weighted by Gasteiger charge is 2.22. The maximum Gasteiger partial charge on any atom is 0.221 e. The summed E-state index contributed by atoms with van der Waals surface area (Å²) in [5, 5.41) is 7.89. The molecule has 0 fully saturated rings. The molecule has 2 aliphatic rings. The molecule has 0 bridgehead atoms. The standard InChI is InChI=1S/C30H25NO/c1-19(32)31-30-23-10-5-3-8-21(23)14-16-29(30)25-12-6-11-24-27-15-13-20-7-2-4-9-22(20)26(27)17-18-28(24)25/h3-6,8-12,14,16-18H,2,7,13,15H2,1H3,(H,31,32). The Balaban J connectivity index is 1.61. The van der Waals surface area contributed by atoms with Gasteiger partial charge >= 0.3 is 0 Å². The van der Waals surface area contributed by atoms with Crippen molar-refractivity contribution in [3.05, 3.63) is 95.6 Å². The van der Waals surface area contributed by atoms with Crippen LogP contribution in [0.15, 0.2) is 84.5 Å². The number of benzene rings is 4. The van der Waals surface area contributed by atoms with E-state index in [-0.39, 0.29) is 5.91 Å². The molecule has 0 atom stereocenters. The van der Waals surface area contributed by atoms with Crippen LogP contribution in [0, 0.1) is 0 Å². The van der Waals surface area contributed by atoms with Crippen molar-refractivity contribution >= 4 is 38.7 Å². The van der Waals surface area contributed by atoms with E-state index in [2.05, 4.69) is 72.1 Å². The van der Waals surface area contributed by atoms with E-state index >= 15 is 0 Å². The number of fused-ring (bicyclic) bond motifs is 5. The number of rotatable bonds is 2. The van der Waals surface area contributed by atoms with Crippen LogP contribution >= 0.6 is 0 Å². The first-order valence-corrected chi connectivity index (χ1v) is 11.4. The Morgan fingerprint density at radius 2 is 1.59 bits per heavy atom. The zero-order valence-electron chi connectivity index (χ0n) is 18.2. The number of amides is 1. The van der Waals surface area contributed by atoms with Crippen molar-refractivity contribution in [2.45, 2.75) is 32.6 Å². The van der Waals surface area contributed by atoms with Gasteiger partial charge in [0, 0.05) is 17.9 Å². The number of allylic oxidation sites excluding steroid dienone is 4. The number of carbonyl (C=O) groups is 1. The van der Waals surface area contributed by atoms with E-state index in [0.717, 1.165) is 34.9 Å². The lowest BCUT2D eigenvalue weighted by molar-refractivity contribution is -0.114. The molecular weight excluding hydrogens is 390 g/mol. The van der Waals surface area contributed by atoms with E-state index in [1.165, 1.54) is 45.9 Å². The van der Waals surface area contributed by atoms with Gasteiger partial charge in [-0.25, -0.2) is 0 Å². The molecule has 0 heterocycles. The summed E-state index contributed by atoms with van der Waals surface area (Å²) in [7, 11) is 0. The van der Waals surface area contributed by atoms with Crippen molar-refractivity contribution in [1.29, 1.82) is 0 Å².